The first kappa shape index (κ1) is 18.5. The van der Waals surface area contributed by atoms with Gasteiger partial charge in [0.2, 0.25) is 5.76 Å². The van der Waals surface area contributed by atoms with Gasteiger partial charge in [-0.15, -0.1) is 0 Å². The molecule has 1 aromatic carbocycles. The third-order valence-electron chi connectivity index (χ3n) is 3.59. The molecule has 0 aliphatic carbocycles. The average Bonchev–Trinajstić information content (AvgIpc) is 3.22. The molecule has 0 N–H and O–H groups in total. The molecule has 10 heteroatoms. The van der Waals surface area contributed by atoms with Crippen molar-refractivity contribution in [1.82, 2.24) is 9.72 Å². The second kappa shape index (κ2) is 7.52. The van der Waals surface area contributed by atoms with Crippen molar-refractivity contribution in [3.05, 3.63) is 41.0 Å². The Hall–Kier alpha value is -2.30. The Balaban J connectivity index is 2.13. The number of aromatic nitrogens is 2. The Morgan fingerprint density at radius 3 is 2.85 bits per heavy atom. The number of nitrogens with zero attached hydrogens (tertiary/aromatic N) is 3. The number of ether oxygens (including phenoxy) is 1. The quantitative estimate of drug-likeness (QED) is 0.590. The van der Waals surface area contributed by atoms with Crippen LogP contribution in [0.1, 0.15) is 17.5 Å². The molecule has 0 unspecified atom stereocenters. The summed E-state index contributed by atoms with van der Waals surface area (Å²) in [6, 6.07) is 6.28. The third-order valence-corrected chi connectivity index (χ3v) is 5.74. The van der Waals surface area contributed by atoms with Crippen molar-refractivity contribution >= 4 is 37.3 Å². The standard InChI is InChI=1S/C16H17N3O5S2/c1-3-23-9-8-19-12-5-4-11(26(2,21)22)10-14(12)25-16(19)18-15(20)13-6-7-17-24-13/h4-7,10H,3,8-9H2,1-2H3. The van der Waals surface area contributed by atoms with E-state index < -0.39 is 15.7 Å². The highest BCUT2D eigenvalue weighted by molar-refractivity contribution is 7.90. The molecule has 0 atom stereocenters. The highest BCUT2D eigenvalue weighted by Crippen LogP contribution is 2.22. The SMILES string of the molecule is CCOCCn1c(=NC(=O)c2ccno2)sc2cc(S(C)(=O)=O)ccc21. The van der Waals surface area contributed by atoms with E-state index in [1.165, 1.54) is 23.6 Å². The van der Waals surface area contributed by atoms with Gasteiger partial charge in [0.1, 0.15) is 0 Å². The highest BCUT2D eigenvalue weighted by Gasteiger charge is 2.14. The summed E-state index contributed by atoms with van der Waals surface area (Å²) in [5, 5.41) is 3.50. The van der Waals surface area contributed by atoms with Gasteiger partial charge in [0, 0.05) is 25.5 Å². The lowest BCUT2D eigenvalue weighted by atomic mass is 10.3. The van der Waals surface area contributed by atoms with Gasteiger partial charge in [-0.3, -0.25) is 4.79 Å². The molecule has 1 amide bonds. The summed E-state index contributed by atoms with van der Waals surface area (Å²) in [6.07, 6.45) is 2.53. The maximum absolute atomic E-state index is 12.2. The average molecular weight is 395 g/mol. The van der Waals surface area contributed by atoms with E-state index in [9.17, 15) is 13.2 Å². The van der Waals surface area contributed by atoms with Crippen molar-refractivity contribution in [3.63, 3.8) is 0 Å². The van der Waals surface area contributed by atoms with E-state index >= 15 is 0 Å². The van der Waals surface area contributed by atoms with Crippen molar-refractivity contribution in [3.8, 4) is 0 Å². The summed E-state index contributed by atoms with van der Waals surface area (Å²) in [5.41, 5.74) is 0.784. The zero-order valence-corrected chi connectivity index (χ0v) is 15.8. The summed E-state index contributed by atoms with van der Waals surface area (Å²) in [4.78, 5) is 17.0. The molecule has 0 saturated carbocycles. The summed E-state index contributed by atoms with van der Waals surface area (Å²) in [5.74, 6) is -0.516. The summed E-state index contributed by atoms with van der Waals surface area (Å²) < 4.78 is 36.4. The van der Waals surface area contributed by atoms with Crippen LogP contribution in [0.3, 0.4) is 0 Å². The van der Waals surface area contributed by atoms with Gasteiger partial charge < -0.3 is 13.8 Å². The van der Waals surface area contributed by atoms with E-state index in [-0.39, 0.29) is 10.7 Å². The Morgan fingerprint density at radius 1 is 1.38 bits per heavy atom. The van der Waals surface area contributed by atoms with Crippen molar-refractivity contribution in [2.45, 2.75) is 18.4 Å². The first-order valence-electron chi connectivity index (χ1n) is 7.81. The molecular formula is C16H17N3O5S2. The van der Waals surface area contributed by atoms with E-state index in [2.05, 4.69) is 10.1 Å². The predicted octanol–water partition coefficient (Wildman–Crippen LogP) is 1.87. The van der Waals surface area contributed by atoms with Crippen LogP contribution in [0.5, 0.6) is 0 Å². The van der Waals surface area contributed by atoms with Crippen LogP contribution < -0.4 is 4.80 Å². The molecule has 0 spiro atoms. The van der Waals surface area contributed by atoms with Crippen molar-refractivity contribution in [2.75, 3.05) is 19.5 Å². The van der Waals surface area contributed by atoms with E-state index in [4.69, 9.17) is 9.26 Å². The largest absolute Gasteiger partial charge is 0.380 e. The number of carbonyl (C=O) groups excluding carboxylic acids is 1. The van der Waals surface area contributed by atoms with Crippen molar-refractivity contribution in [1.29, 1.82) is 0 Å². The Bertz CT molecular complexity index is 1090. The van der Waals surface area contributed by atoms with Gasteiger partial charge >= 0.3 is 5.91 Å². The second-order valence-electron chi connectivity index (χ2n) is 5.43. The van der Waals surface area contributed by atoms with Crippen LogP contribution in [-0.4, -0.2) is 43.5 Å². The topological polar surface area (TPSA) is 104 Å². The molecule has 0 fully saturated rings. The van der Waals surface area contributed by atoms with Gasteiger partial charge in [0.05, 0.1) is 27.9 Å². The molecule has 2 heterocycles. The Kier molecular flexibility index (Phi) is 5.35. The number of rotatable bonds is 6. The van der Waals surface area contributed by atoms with Gasteiger partial charge in [-0.05, 0) is 25.1 Å². The maximum atomic E-state index is 12.2. The van der Waals surface area contributed by atoms with Crippen molar-refractivity contribution < 1.29 is 22.5 Å². The van der Waals surface area contributed by atoms with Crippen LogP contribution in [0.2, 0.25) is 0 Å². The smallest absolute Gasteiger partial charge is 0.318 e. The zero-order chi connectivity index (χ0) is 18.7. The molecule has 26 heavy (non-hydrogen) atoms. The number of amides is 1. The molecule has 2 aromatic heterocycles. The summed E-state index contributed by atoms with van der Waals surface area (Å²) in [7, 11) is -3.33. The van der Waals surface area contributed by atoms with Gasteiger partial charge in [-0.1, -0.05) is 16.5 Å². The van der Waals surface area contributed by atoms with Crippen LogP contribution in [0.25, 0.3) is 10.2 Å². The Morgan fingerprint density at radius 2 is 2.19 bits per heavy atom. The van der Waals surface area contributed by atoms with Crippen LogP contribution in [0, 0.1) is 0 Å². The fourth-order valence-electron chi connectivity index (χ4n) is 2.35. The third kappa shape index (κ3) is 3.92. The molecule has 0 saturated heterocycles. The highest BCUT2D eigenvalue weighted by atomic mass is 32.2. The molecule has 0 aliphatic rings. The maximum Gasteiger partial charge on any atom is 0.318 e. The van der Waals surface area contributed by atoms with E-state index in [0.717, 1.165) is 11.8 Å². The molecule has 0 aliphatic heterocycles. The number of hydrogen-bond acceptors (Lipinski definition) is 7. The predicted molar refractivity (Wildman–Crippen MR) is 95.8 cm³/mol. The number of hydrogen-bond donors (Lipinski definition) is 0. The minimum absolute atomic E-state index is 0.0376. The van der Waals surface area contributed by atoms with Gasteiger partial charge in [0.25, 0.3) is 0 Å². The fourth-order valence-corrected chi connectivity index (χ4v) is 4.17. The number of thiazole rings is 1. The summed E-state index contributed by atoms with van der Waals surface area (Å²) in [6.45, 7) is 3.40. The van der Waals surface area contributed by atoms with E-state index in [0.29, 0.717) is 29.3 Å². The molecule has 0 bridgehead atoms. The lowest BCUT2D eigenvalue weighted by Crippen LogP contribution is -2.19. The van der Waals surface area contributed by atoms with E-state index in [1.54, 1.807) is 18.2 Å². The lowest BCUT2D eigenvalue weighted by Gasteiger charge is -2.05. The lowest BCUT2D eigenvalue weighted by molar-refractivity contribution is 0.0961. The van der Waals surface area contributed by atoms with E-state index in [1.807, 2.05) is 11.5 Å². The van der Waals surface area contributed by atoms with Crippen molar-refractivity contribution in [2.24, 2.45) is 4.99 Å². The van der Waals surface area contributed by atoms with Gasteiger partial charge in [0.15, 0.2) is 14.6 Å². The zero-order valence-electron chi connectivity index (χ0n) is 14.2. The van der Waals surface area contributed by atoms with Gasteiger partial charge in [-0.2, -0.15) is 4.99 Å². The molecular weight excluding hydrogens is 378 g/mol. The Labute approximate surface area is 153 Å². The molecule has 138 valence electrons. The minimum Gasteiger partial charge on any atom is -0.380 e. The van der Waals surface area contributed by atoms with Crippen LogP contribution in [-0.2, 0) is 21.1 Å². The molecule has 3 rings (SSSR count). The van der Waals surface area contributed by atoms with Gasteiger partial charge in [-0.25, -0.2) is 8.42 Å². The first-order chi connectivity index (χ1) is 12.4. The minimum atomic E-state index is -3.33. The monoisotopic (exact) mass is 395 g/mol. The fraction of sp³-hybridized carbons (Fsp3) is 0.312. The molecule has 8 nitrogen and oxygen atoms in total. The number of fused-ring (bicyclic) bond motifs is 1. The molecule has 0 radical (unpaired) electrons. The number of benzene rings is 1. The normalized spacial score (nSPS) is 12.8. The van der Waals surface area contributed by atoms with Crippen LogP contribution in [0.4, 0.5) is 0 Å². The van der Waals surface area contributed by atoms with Crippen LogP contribution >= 0.6 is 11.3 Å². The number of sulfone groups is 1. The second-order valence-corrected chi connectivity index (χ2v) is 8.45. The first-order valence-corrected chi connectivity index (χ1v) is 10.5. The van der Waals surface area contributed by atoms with Crippen LogP contribution in [0.15, 0.2) is 44.9 Å². The summed E-state index contributed by atoms with van der Waals surface area (Å²) >= 11 is 1.23. The number of carbonyl (C=O) groups is 1. The molecule has 3 aromatic rings.